The monoisotopic (exact) mass is 436 g/mol. The third-order valence-corrected chi connectivity index (χ3v) is 6.10. The van der Waals surface area contributed by atoms with Crippen molar-refractivity contribution in [3.63, 3.8) is 0 Å². The van der Waals surface area contributed by atoms with Gasteiger partial charge in [-0.3, -0.25) is 9.52 Å². The van der Waals surface area contributed by atoms with Crippen LogP contribution >= 0.6 is 11.3 Å². The van der Waals surface area contributed by atoms with E-state index in [0.717, 1.165) is 16.3 Å². The van der Waals surface area contributed by atoms with E-state index in [-0.39, 0.29) is 22.4 Å². The van der Waals surface area contributed by atoms with Crippen LogP contribution in [0.15, 0.2) is 53.4 Å². The largest absolute Gasteiger partial charge is 0.481 e. The molecule has 1 heterocycles. The van der Waals surface area contributed by atoms with Crippen molar-refractivity contribution in [1.29, 1.82) is 0 Å². The van der Waals surface area contributed by atoms with Gasteiger partial charge in [0.2, 0.25) is 5.13 Å². The summed E-state index contributed by atoms with van der Waals surface area (Å²) >= 11 is 1.16. The molecule has 0 saturated heterocycles. The normalized spacial score (nSPS) is 11.1. The number of aryl methyl sites for hydroxylation is 1. The highest BCUT2D eigenvalue weighted by Crippen LogP contribution is 2.21. The molecule has 1 amide bonds. The van der Waals surface area contributed by atoms with Crippen LogP contribution in [0.3, 0.4) is 0 Å². The van der Waals surface area contributed by atoms with Gasteiger partial charge in [-0.25, -0.2) is 12.8 Å². The van der Waals surface area contributed by atoms with Crippen LogP contribution in [0.4, 0.5) is 15.2 Å². The van der Waals surface area contributed by atoms with E-state index in [2.05, 4.69) is 20.2 Å². The predicted molar refractivity (Wildman–Crippen MR) is 107 cm³/mol. The summed E-state index contributed by atoms with van der Waals surface area (Å²) in [6, 6.07) is 11.3. The molecule has 29 heavy (non-hydrogen) atoms. The number of amides is 1. The number of nitrogens with one attached hydrogen (secondary N) is 2. The summed E-state index contributed by atoms with van der Waals surface area (Å²) in [5.74, 6) is -1.11. The van der Waals surface area contributed by atoms with Crippen LogP contribution in [0.5, 0.6) is 5.75 Å². The Morgan fingerprint density at radius 3 is 2.52 bits per heavy atom. The van der Waals surface area contributed by atoms with Crippen LogP contribution in [0, 0.1) is 5.82 Å². The molecule has 0 saturated carbocycles. The number of para-hydroxylation sites is 1. The third-order valence-electron chi connectivity index (χ3n) is 3.63. The zero-order chi connectivity index (χ0) is 20.9. The standard InChI is InChI=1S/C18H17FN4O4S2/c1-2-17-21-22-18(28-17)23-29(25,26)13-9-7-12(8-10-13)20-16(24)11-27-15-6-4-3-5-14(15)19/h3-10H,2,11H2,1H3,(H,20,24)(H,22,23). The van der Waals surface area contributed by atoms with Crippen molar-refractivity contribution in [3.8, 4) is 5.75 Å². The zero-order valence-electron chi connectivity index (χ0n) is 15.3. The highest BCUT2D eigenvalue weighted by atomic mass is 32.2. The first-order valence-corrected chi connectivity index (χ1v) is 10.8. The number of halogens is 1. The van der Waals surface area contributed by atoms with Gasteiger partial charge in [0.05, 0.1) is 4.90 Å². The topological polar surface area (TPSA) is 110 Å². The van der Waals surface area contributed by atoms with Gasteiger partial charge in [-0.1, -0.05) is 30.4 Å². The molecule has 2 aromatic carbocycles. The summed E-state index contributed by atoms with van der Waals surface area (Å²) in [4.78, 5) is 12.0. The lowest BCUT2D eigenvalue weighted by atomic mass is 10.3. The van der Waals surface area contributed by atoms with E-state index in [1.807, 2.05) is 6.92 Å². The molecule has 0 fully saturated rings. The van der Waals surface area contributed by atoms with Gasteiger partial charge >= 0.3 is 0 Å². The number of rotatable bonds is 8. The molecule has 0 aliphatic heterocycles. The summed E-state index contributed by atoms with van der Waals surface area (Å²) < 4.78 is 45.8. The van der Waals surface area contributed by atoms with Crippen LogP contribution < -0.4 is 14.8 Å². The lowest BCUT2D eigenvalue weighted by Gasteiger charge is -2.09. The van der Waals surface area contributed by atoms with Crippen molar-refractivity contribution < 1.29 is 22.3 Å². The van der Waals surface area contributed by atoms with Crippen molar-refractivity contribution in [3.05, 3.63) is 59.4 Å². The van der Waals surface area contributed by atoms with Crippen molar-refractivity contribution in [1.82, 2.24) is 10.2 Å². The van der Waals surface area contributed by atoms with E-state index in [0.29, 0.717) is 12.1 Å². The van der Waals surface area contributed by atoms with E-state index >= 15 is 0 Å². The summed E-state index contributed by atoms with van der Waals surface area (Å²) in [5.41, 5.74) is 0.371. The smallest absolute Gasteiger partial charge is 0.263 e. The summed E-state index contributed by atoms with van der Waals surface area (Å²) in [7, 11) is -3.83. The van der Waals surface area contributed by atoms with Crippen LogP contribution in [0.2, 0.25) is 0 Å². The molecule has 1 aromatic heterocycles. The quantitative estimate of drug-likeness (QED) is 0.562. The van der Waals surface area contributed by atoms with E-state index < -0.39 is 21.7 Å². The highest BCUT2D eigenvalue weighted by molar-refractivity contribution is 7.93. The number of aromatic nitrogens is 2. The Hall–Kier alpha value is -3.05. The number of anilines is 2. The molecule has 0 aliphatic carbocycles. The van der Waals surface area contributed by atoms with Gasteiger partial charge in [0.15, 0.2) is 18.2 Å². The first-order chi connectivity index (χ1) is 13.9. The average molecular weight is 436 g/mol. The Morgan fingerprint density at radius 2 is 1.86 bits per heavy atom. The Kier molecular flexibility index (Phi) is 6.39. The lowest BCUT2D eigenvalue weighted by Crippen LogP contribution is -2.20. The number of benzene rings is 2. The van der Waals surface area contributed by atoms with E-state index in [4.69, 9.17) is 4.74 Å². The first kappa shape index (κ1) is 20.7. The zero-order valence-corrected chi connectivity index (χ0v) is 16.9. The maximum Gasteiger partial charge on any atom is 0.263 e. The Bertz CT molecular complexity index is 1100. The summed E-state index contributed by atoms with van der Waals surface area (Å²) in [6.45, 7) is 1.51. The first-order valence-electron chi connectivity index (χ1n) is 8.50. The predicted octanol–water partition coefficient (Wildman–Crippen LogP) is 3.06. The Balaban J connectivity index is 1.59. The number of hydrogen-bond acceptors (Lipinski definition) is 7. The van der Waals surface area contributed by atoms with Crippen LogP contribution in [-0.4, -0.2) is 31.1 Å². The molecular formula is C18H17FN4O4S2. The summed E-state index contributed by atoms with van der Waals surface area (Å²) in [6.07, 6.45) is 0.661. The average Bonchev–Trinajstić information content (AvgIpc) is 3.14. The number of sulfonamides is 1. The molecule has 8 nitrogen and oxygen atoms in total. The number of nitrogens with zero attached hydrogens (tertiary/aromatic N) is 2. The fourth-order valence-corrected chi connectivity index (χ4v) is 4.14. The molecule has 0 atom stereocenters. The van der Waals surface area contributed by atoms with Crippen LogP contribution in [-0.2, 0) is 21.2 Å². The highest BCUT2D eigenvalue weighted by Gasteiger charge is 2.17. The van der Waals surface area contributed by atoms with E-state index in [1.54, 1.807) is 6.07 Å². The van der Waals surface area contributed by atoms with E-state index in [9.17, 15) is 17.6 Å². The molecule has 0 unspecified atom stereocenters. The van der Waals surface area contributed by atoms with Crippen LogP contribution in [0.1, 0.15) is 11.9 Å². The maximum absolute atomic E-state index is 13.5. The minimum Gasteiger partial charge on any atom is -0.481 e. The molecule has 3 rings (SSSR count). The van der Waals surface area contributed by atoms with Crippen LogP contribution in [0.25, 0.3) is 0 Å². The molecule has 3 aromatic rings. The van der Waals surface area contributed by atoms with Gasteiger partial charge in [0.25, 0.3) is 15.9 Å². The fraction of sp³-hybridized carbons (Fsp3) is 0.167. The molecule has 0 aliphatic rings. The number of carbonyl (C=O) groups is 1. The molecule has 11 heteroatoms. The Morgan fingerprint density at radius 1 is 1.14 bits per heavy atom. The van der Waals surface area contributed by atoms with Crippen molar-refractivity contribution in [2.75, 3.05) is 16.6 Å². The second-order valence-corrected chi connectivity index (χ2v) is 8.50. The molecule has 0 radical (unpaired) electrons. The van der Waals surface area contributed by atoms with Gasteiger partial charge in [-0.2, -0.15) is 0 Å². The second kappa shape index (κ2) is 8.97. The SMILES string of the molecule is CCc1nnc(NS(=O)(=O)c2ccc(NC(=O)COc3ccccc3F)cc2)s1. The lowest BCUT2D eigenvalue weighted by molar-refractivity contribution is -0.118. The molecule has 2 N–H and O–H groups in total. The fourth-order valence-electron chi connectivity index (χ4n) is 2.23. The maximum atomic E-state index is 13.5. The van der Waals surface area contributed by atoms with Gasteiger partial charge in [-0.15, -0.1) is 10.2 Å². The van der Waals surface area contributed by atoms with Gasteiger partial charge in [0, 0.05) is 5.69 Å². The van der Waals surface area contributed by atoms with E-state index in [1.165, 1.54) is 42.5 Å². The molecule has 0 bridgehead atoms. The minimum atomic E-state index is -3.83. The van der Waals surface area contributed by atoms with Crippen molar-refractivity contribution >= 4 is 38.1 Å². The summed E-state index contributed by atoms with van der Waals surface area (Å²) in [5, 5.41) is 11.1. The third kappa shape index (κ3) is 5.48. The minimum absolute atomic E-state index is 0.00588. The van der Waals surface area contributed by atoms with Gasteiger partial charge in [-0.05, 0) is 42.8 Å². The van der Waals surface area contributed by atoms with Gasteiger partial charge < -0.3 is 10.1 Å². The second-order valence-electron chi connectivity index (χ2n) is 5.75. The van der Waals surface area contributed by atoms with Gasteiger partial charge in [0.1, 0.15) is 5.01 Å². The number of hydrogen-bond donors (Lipinski definition) is 2. The Labute approximate surface area is 170 Å². The number of carbonyl (C=O) groups excluding carboxylic acids is 1. The molecule has 0 spiro atoms. The van der Waals surface area contributed by atoms with Crippen molar-refractivity contribution in [2.45, 2.75) is 18.2 Å². The molecular weight excluding hydrogens is 419 g/mol. The van der Waals surface area contributed by atoms with Crippen molar-refractivity contribution in [2.24, 2.45) is 0 Å². The number of ether oxygens (including phenoxy) is 1. The molecule has 152 valence electrons.